The number of halogens is 1. The van der Waals surface area contributed by atoms with Gasteiger partial charge in [-0.1, -0.05) is 24.4 Å². The van der Waals surface area contributed by atoms with Crippen LogP contribution >= 0.6 is 11.6 Å². The van der Waals surface area contributed by atoms with E-state index in [2.05, 4.69) is 4.98 Å². The van der Waals surface area contributed by atoms with E-state index >= 15 is 0 Å². The second-order valence-electron chi connectivity index (χ2n) is 5.32. The van der Waals surface area contributed by atoms with E-state index in [9.17, 15) is 0 Å². The van der Waals surface area contributed by atoms with Crippen molar-refractivity contribution in [2.45, 2.75) is 38.8 Å². The topological polar surface area (TPSA) is 56.5 Å². The van der Waals surface area contributed by atoms with Gasteiger partial charge < -0.3 is 19.1 Å². The van der Waals surface area contributed by atoms with Gasteiger partial charge in [0.2, 0.25) is 0 Å². The number of hydrogen-bond acceptors (Lipinski definition) is 4. The third-order valence-corrected chi connectivity index (χ3v) is 3.85. The smallest absolute Gasteiger partial charge is 0.138 e. The van der Waals surface area contributed by atoms with Crippen molar-refractivity contribution < 1.29 is 14.6 Å². The Morgan fingerprint density at radius 3 is 2.74 bits per heavy atom. The van der Waals surface area contributed by atoms with Crippen molar-refractivity contribution in [1.29, 1.82) is 0 Å². The molecule has 2 aromatic rings. The highest BCUT2D eigenvalue weighted by Gasteiger charge is 2.03. The molecule has 1 aromatic heterocycles. The number of nitrogens with zero attached hydrogens (tertiary/aromatic N) is 2. The number of aliphatic hydroxyl groups excluding tert-OH is 1. The fraction of sp³-hybridized carbons (Fsp3) is 0.471. The number of imidazole rings is 1. The third-order valence-electron chi connectivity index (χ3n) is 3.56. The highest BCUT2D eigenvalue weighted by atomic mass is 35.5. The van der Waals surface area contributed by atoms with Gasteiger partial charge in [-0.15, -0.1) is 0 Å². The molecule has 0 saturated heterocycles. The van der Waals surface area contributed by atoms with Crippen LogP contribution in [0.1, 0.15) is 31.4 Å². The van der Waals surface area contributed by atoms with E-state index < -0.39 is 0 Å². The highest BCUT2D eigenvalue weighted by molar-refractivity contribution is 6.32. The standard InChI is InChI=1S/C17H23ClN2O3/c1-22-15-6-7-17(16(18)10-15)23-9-5-3-2-4-8-20-11-14(12-21)19-13-20/h6-7,10-11,13,21H,2-5,8-9,12H2,1H3. The minimum atomic E-state index is -0.00173. The maximum Gasteiger partial charge on any atom is 0.138 e. The van der Waals surface area contributed by atoms with Crippen LogP contribution in [-0.2, 0) is 13.2 Å². The minimum Gasteiger partial charge on any atom is -0.497 e. The van der Waals surface area contributed by atoms with Crippen molar-refractivity contribution in [3.63, 3.8) is 0 Å². The van der Waals surface area contributed by atoms with Crippen molar-refractivity contribution >= 4 is 11.6 Å². The monoisotopic (exact) mass is 338 g/mol. The first-order valence-electron chi connectivity index (χ1n) is 7.81. The summed E-state index contributed by atoms with van der Waals surface area (Å²) in [6, 6.07) is 5.43. The van der Waals surface area contributed by atoms with Crippen LogP contribution in [0.4, 0.5) is 0 Å². The fourth-order valence-electron chi connectivity index (χ4n) is 2.27. The van der Waals surface area contributed by atoms with Crippen LogP contribution in [0.5, 0.6) is 11.5 Å². The lowest BCUT2D eigenvalue weighted by molar-refractivity contribution is 0.277. The molecule has 5 nitrogen and oxygen atoms in total. The Morgan fingerprint density at radius 2 is 2.04 bits per heavy atom. The van der Waals surface area contributed by atoms with Crippen LogP contribution in [-0.4, -0.2) is 28.4 Å². The molecule has 1 N–H and O–H groups in total. The van der Waals surface area contributed by atoms with Crippen LogP contribution in [0.3, 0.4) is 0 Å². The van der Waals surface area contributed by atoms with Gasteiger partial charge in [0, 0.05) is 18.8 Å². The average Bonchev–Trinajstić information content (AvgIpc) is 3.03. The Hall–Kier alpha value is -1.72. The number of aliphatic hydroxyl groups is 1. The molecule has 0 radical (unpaired) electrons. The van der Waals surface area contributed by atoms with E-state index in [-0.39, 0.29) is 6.61 Å². The van der Waals surface area contributed by atoms with Crippen LogP contribution in [0.15, 0.2) is 30.7 Å². The zero-order chi connectivity index (χ0) is 16.5. The Kier molecular flexibility index (Phi) is 7.23. The predicted octanol–water partition coefficient (Wildman–Crippen LogP) is 3.68. The molecule has 0 saturated carbocycles. The second-order valence-corrected chi connectivity index (χ2v) is 5.73. The molecule has 0 amide bonds. The van der Waals surface area contributed by atoms with Gasteiger partial charge in [-0.3, -0.25) is 0 Å². The van der Waals surface area contributed by atoms with Gasteiger partial charge in [0.15, 0.2) is 0 Å². The van der Waals surface area contributed by atoms with Gasteiger partial charge in [-0.25, -0.2) is 4.98 Å². The maximum absolute atomic E-state index is 8.96. The molecule has 1 heterocycles. The molecule has 0 bridgehead atoms. The summed E-state index contributed by atoms with van der Waals surface area (Å²) in [5, 5.41) is 9.53. The van der Waals surface area contributed by atoms with Gasteiger partial charge >= 0.3 is 0 Å². The summed E-state index contributed by atoms with van der Waals surface area (Å²) < 4.78 is 12.8. The molecular formula is C17H23ClN2O3. The van der Waals surface area contributed by atoms with Crippen molar-refractivity contribution in [1.82, 2.24) is 9.55 Å². The van der Waals surface area contributed by atoms with Crippen LogP contribution in [0.25, 0.3) is 0 Å². The maximum atomic E-state index is 8.96. The quantitative estimate of drug-likeness (QED) is 0.671. The summed E-state index contributed by atoms with van der Waals surface area (Å²) in [7, 11) is 1.61. The summed E-state index contributed by atoms with van der Waals surface area (Å²) in [6.07, 6.45) is 7.97. The molecular weight excluding hydrogens is 316 g/mol. The van der Waals surface area contributed by atoms with Crippen LogP contribution < -0.4 is 9.47 Å². The Labute approximate surface area is 141 Å². The lowest BCUT2D eigenvalue weighted by Crippen LogP contribution is -1.99. The van der Waals surface area contributed by atoms with Crippen LogP contribution in [0, 0.1) is 0 Å². The van der Waals surface area contributed by atoms with E-state index in [0.29, 0.717) is 17.4 Å². The number of aromatic nitrogens is 2. The molecule has 23 heavy (non-hydrogen) atoms. The van der Waals surface area contributed by atoms with E-state index in [1.165, 1.54) is 0 Å². The fourth-order valence-corrected chi connectivity index (χ4v) is 2.49. The van der Waals surface area contributed by atoms with Crippen molar-refractivity contribution in [3.05, 3.63) is 41.4 Å². The second kappa shape index (κ2) is 9.43. The zero-order valence-corrected chi connectivity index (χ0v) is 14.1. The molecule has 0 aliphatic rings. The van der Waals surface area contributed by atoms with Crippen molar-refractivity contribution in [3.8, 4) is 11.5 Å². The first-order chi connectivity index (χ1) is 11.2. The highest BCUT2D eigenvalue weighted by Crippen LogP contribution is 2.28. The number of methoxy groups -OCH3 is 1. The van der Waals surface area contributed by atoms with Crippen molar-refractivity contribution in [2.24, 2.45) is 0 Å². The zero-order valence-electron chi connectivity index (χ0n) is 13.4. The van der Waals surface area contributed by atoms with E-state index in [0.717, 1.165) is 43.7 Å². The average molecular weight is 339 g/mol. The molecule has 0 atom stereocenters. The number of benzene rings is 1. The first kappa shape index (κ1) is 17.6. The van der Waals surface area contributed by atoms with Gasteiger partial charge in [0.25, 0.3) is 0 Å². The molecule has 0 aliphatic heterocycles. The van der Waals surface area contributed by atoms with Crippen molar-refractivity contribution in [2.75, 3.05) is 13.7 Å². The van der Waals surface area contributed by atoms with Crippen LogP contribution in [0.2, 0.25) is 5.02 Å². The van der Waals surface area contributed by atoms with Gasteiger partial charge in [0.1, 0.15) is 11.5 Å². The Balaban J connectivity index is 1.57. The molecule has 0 fully saturated rings. The molecule has 1 aromatic carbocycles. The van der Waals surface area contributed by atoms with E-state index in [4.69, 9.17) is 26.2 Å². The number of unbranched alkanes of at least 4 members (excludes halogenated alkanes) is 3. The molecule has 126 valence electrons. The van der Waals surface area contributed by atoms with E-state index in [1.807, 2.05) is 22.9 Å². The SMILES string of the molecule is COc1ccc(OCCCCCCn2cnc(CO)c2)c(Cl)c1. The molecule has 0 spiro atoms. The number of aryl methyl sites for hydroxylation is 1. The summed E-state index contributed by atoms with van der Waals surface area (Å²) in [6.45, 7) is 1.59. The summed E-state index contributed by atoms with van der Waals surface area (Å²) >= 11 is 6.12. The summed E-state index contributed by atoms with van der Waals surface area (Å²) in [4.78, 5) is 4.09. The summed E-state index contributed by atoms with van der Waals surface area (Å²) in [5.41, 5.74) is 0.717. The van der Waals surface area contributed by atoms with E-state index in [1.54, 1.807) is 19.5 Å². The first-order valence-corrected chi connectivity index (χ1v) is 8.18. The number of ether oxygens (including phenoxy) is 2. The normalized spacial score (nSPS) is 10.7. The molecule has 0 aliphatic carbocycles. The molecule has 6 heteroatoms. The predicted molar refractivity (Wildman–Crippen MR) is 90.1 cm³/mol. The lowest BCUT2D eigenvalue weighted by Gasteiger charge is -2.09. The third kappa shape index (κ3) is 5.77. The molecule has 2 rings (SSSR count). The molecule has 0 unspecified atom stereocenters. The minimum absolute atomic E-state index is 0.00173. The number of rotatable bonds is 10. The Bertz CT molecular complexity index is 601. The number of hydrogen-bond donors (Lipinski definition) is 1. The summed E-state index contributed by atoms with van der Waals surface area (Å²) in [5.74, 6) is 1.42. The Morgan fingerprint density at radius 1 is 1.22 bits per heavy atom. The lowest BCUT2D eigenvalue weighted by atomic mass is 10.2. The van der Waals surface area contributed by atoms with Gasteiger partial charge in [-0.05, 0) is 25.0 Å². The van der Waals surface area contributed by atoms with Gasteiger partial charge in [0.05, 0.1) is 37.4 Å². The van der Waals surface area contributed by atoms with Gasteiger partial charge in [-0.2, -0.15) is 0 Å². The largest absolute Gasteiger partial charge is 0.497 e.